The molecule has 0 unspecified atom stereocenters. The van der Waals surface area contributed by atoms with Gasteiger partial charge in [-0.2, -0.15) is 0 Å². The third-order valence-corrected chi connectivity index (χ3v) is 1.97. The molecule has 1 N–H and O–H groups in total. The van der Waals surface area contributed by atoms with Crippen molar-refractivity contribution in [3.8, 4) is 0 Å². The van der Waals surface area contributed by atoms with Crippen LogP contribution in [0.1, 0.15) is 18.1 Å². The lowest BCUT2D eigenvalue weighted by Crippen LogP contribution is -1.93. The smallest absolute Gasteiger partial charge is 0.155 e. The number of rotatable bonds is 4. The van der Waals surface area contributed by atoms with Gasteiger partial charge < -0.3 is 5.11 Å². The van der Waals surface area contributed by atoms with Crippen molar-refractivity contribution in [1.29, 1.82) is 0 Å². The summed E-state index contributed by atoms with van der Waals surface area (Å²) in [6.45, 7) is 5.07. The Labute approximate surface area is 89.6 Å². The molecule has 0 heterocycles. The molecule has 1 aromatic rings. The van der Waals surface area contributed by atoms with Gasteiger partial charge in [0.05, 0.1) is 0 Å². The van der Waals surface area contributed by atoms with Crippen LogP contribution in [-0.4, -0.2) is 10.9 Å². The van der Waals surface area contributed by atoms with Gasteiger partial charge in [-0.25, -0.2) is 0 Å². The second-order valence-corrected chi connectivity index (χ2v) is 3.37. The lowest BCUT2D eigenvalue weighted by molar-refractivity contribution is -0.112. The van der Waals surface area contributed by atoms with Crippen LogP contribution in [0, 0.1) is 0 Å². The summed E-state index contributed by atoms with van der Waals surface area (Å²) in [7, 11) is 0. The molecule has 2 heteroatoms. The van der Waals surface area contributed by atoms with Crippen molar-refractivity contribution in [1.82, 2.24) is 0 Å². The molecule has 0 amide bonds. The molecule has 0 aliphatic heterocycles. The number of benzene rings is 1. The standard InChI is InChI=1S/C13H14O2/c1-3-11-4-6-12(7-5-11)9-13(15)8-10(2)14/h3-8,15H,1,9H2,2H3. The lowest BCUT2D eigenvalue weighted by atomic mass is 10.1. The van der Waals surface area contributed by atoms with Gasteiger partial charge >= 0.3 is 0 Å². The Bertz CT molecular complexity index is 386. The summed E-state index contributed by atoms with van der Waals surface area (Å²) in [6.07, 6.45) is 3.38. The van der Waals surface area contributed by atoms with Crippen LogP contribution < -0.4 is 0 Å². The molecule has 0 spiro atoms. The van der Waals surface area contributed by atoms with Gasteiger partial charge in [0.2, 0.25) is 0 Å². The lowest BCUT2D eigenvalue weighted by Gasteiger charge is -2.01. The largest absolute Gasteiger partial charge is 0.512 e. The highest BCUT2D eigenvalue weighted by molar-refractivity contribution is 5.87. The maximum absolute atomic E-state index is 10.7. The summed E-state index contributed by atoms with van der Waals surface area (Å²) < 4.78 is 0. The van der Waals surface area contributed by atoms with Crippen molar-refractivity contribution in [2.75, 3.05) is 0 Å². The fourth-order valence-corrected chi connectivity index (χ4v) is 1.27. The second kappa shape index (κ2) is 5.15. The summed E-state index contributed by atoms with van der Waals surface area (Å²) in [5, 5.41) is 9.42. The fourth-order valence-electron chi connectivity index (χ4n) is 1.27. The first-order chi connectivity index (χ1) is 7.11. The highest BCUT2D eigenvalue weighted by atomic mass is 16.3. The Kier molecular flexibility index (Phi) is 3.86. The molecule has 0 atom stereocenters. The average Bonchev–Trinajstić information content (AvgIpc) is 2.17. The number of allylic oxidation sites excluding steroid dienone is 2. The van der Waals surface area contributed by atoms with Gasteiger partial charge in [0.25, 0.3) is 0 Å². The Morgan fingerprint density at radius 1 is 1.40 bits per heavy atom. The molecule has 0 saturated carbocycles. The monoisotopic (exact) mass is 202 g/mol. The van der Waals surface area contributed by atoms with Gasteiger partial charge in [-0.1, -0.05) is 36.9 Å². The summed E-state index contributed by atoms with van der Waals surface area (Å²) >= 11 is 0. The first-order valence-corrected chi connectivity index (χ1v) is 4.73. The van der Waals surface area contributed by atoms with E-state index in [-0.39, 0.29) is 11.5 Å². The number of hydrogen-bond acceptors (Lipinski definition) is 2. The number of carbonyl (C=O) groups is 1. The van der Waals surface area contributed by atoms with Crippen LogP contribution in [0.15, 0.2) is 42.7 Å². The van der Waals surface area contributed by atoms with Gasteiger partial charge in [0.15, 0.2) is 5.78 Å². The van der Waals surface area contributed by atoms with E-state index >= 15 is 0 Å². The van der Waals surface area contributed by atoms with Gasteiger partial charge in [-0.3, -0.25) is 4.79 Å². The molecular formula is C13H14O2. The molecular weight excluding hydrogens is 188 g/mol. The van der Waals surface area contributed by atoms with Crippen molar-refractivity contribution >= 4 is 11.9 Å². The quantitative estimate of drug-likeness (QED) is 0.602. The molecule has 0 aromatic heterocycles. The van der Waals surface area contributed by atoms with E-state index in [0.29, 0.717) is 6.42 Å². The molecule has 15 heavy (non-hydrogen) atoms. The summed E-state index contributed by atoms with van der Waals surface area (Å²) in [4.78, 5) is 10.7. The predicted octanol–water partition coefficient (Wildman–Crippen LogP) is 2.90. The molecule has 1 rings (SSSR count). The maximum Gasteiger partial charge on any atom is 0.155 e. The summed E-state index contributed by atoms with van der Waals surface area (Å²) in [6, 6.07) is 7.65. The van der Waals surface area contributed by atoms with Crippen LogP contribution in [0.3, 0.4) is 0 Å². The zero-order chi connectivity index (χ0) is 11.3. The molecule has 0 fully saturated rings. The minimum Gasteiger partial charge on any atom is -0.512 e. The van der Waals surface area contributed by atoms with Crippen molar-refractivity contribution in [3.63, 3.8) is 0 Å². The van der Waals surface area contributed by atoms with E-state index in [9.17, 15) is 9.90 Å². The van der Waals surface area contributed by atoms with Crippen molar-refractivity contribution in [3.05, 3.63) is 53.8 Å². The minimum absolute atomic E-state index is 0.0915. The van der Waals surface area contributed by atoms with Crippen LogP contribution >= 0.6 is 0 Å². The molecule has 0 radical (unpaired) electrons. The number of carbonyl (C=O) groups excluding carboxylic acids is 1. The van der Waals surface area contributed by atoms with Crippen molar-refractivity contribution in [2.45, 2.75) is 13.3 Å². The van der Waals surface area contributed by atoms with Gasteiger partial charge in [-0.15, -0.1) is 0 Å². The number of ketones is 1. The molecule has 0 aliphatic rings. The third kappa shape index (κ3) is 3.81. The molecule has 0 bridgehead atoms. The normalized spacial score (nSPS) is 11.1. The number of aliphatic hydroxyl groups excluding tert-OH is 1. The van der Waals surface area contributed by atoms with Gasteiger partial charge in [0.1, 0.15) is 5.76 Å². The summed E-state index contributed by atoms with van der Waals surface area (Å²) in [5.41, 5.74) is 2.00. The van der Waals surface area contributed by atoms with Crippen LogP contribution in [0.5, 0.6) is 0 Å². The zero-order valence-electron chi connectivity index (χ0n) is 8.73. The molecule has 0 aliphatic carbocycles. The topological polar surface area (TPSA) is 37.3 Å². The SMILES string of the molecule is C=Cc1ccc(CC(O)=CC(C)=O)cc1. The second-order valence-electron chi connectivity index (χ2n) is 3.37. The number of aliphatic hydroxyl groups is 1. The van der Waals surface area contributed by atoms with E-state index in [1.807, 2.05) is 24.3 Å². The fraction of sp³-hybridized carbons (Fsp3) is 0.154. The van der Waals surface area contributed by atoms with E-state index in [4.69, 9.17) is 0 Å². The predicted molar refractivity (Wildman–Crippen MR) is 61.6 cm³/mol. The van der Waals surface area contributed by atoms with E-state index < -0.39 is 0 Å². The van der Waals surface area contributed by atoms with E-state index in [2.05, 4.69) is 6.58 Å². The van der Waals surface area contributed by atoms with Crippen LogP contribution in [-0.2, 0) is 11.2 Å². The Balaban J connectivity index is 2.73. The molecule has 78 valence electrons. The van der Waals surface area contributed by atoms with Crippen molar-refractivity contribution in [2.24, 2.45) is 0 Å². The van der Waals surface area contributed by atoms with E-state index in [0.717, 1.165) is 11.1 Å². The van der Waals surface area contributed by atoms with E-state index in [1.165, 1.54) is 13.0 Å². The molecule has 1 aromatic carbocycles. The van der Waals surface area contributed by atoms with Gasteiger partial charge in [-0.05, 0) is 18.1 Å². The first-order valence-electron chi connectivity index (χ1n) is 4.73. The van der Waals surface area contributed by atoms with Crippen LogP contribution in [0.25, 0.3) is 6.08 Å². The molecule has 0 saturated heterocycles. The number of hydrogen-bond donors (Lipinski definition) is 1. The third-order valence-electron chi connectivity index (χ3n) is 1.97. The minimum atomic E-state index is -0.143. The zero-order valence-corrected chi connectivity index (χ0v) is 8.73. The maximum atomic E-state index is 10.7. The Morgan fingerprint density at radius 2 is 2.00 bits per heavy atom. The van der Waals surface area contributed by atoms with Gasteiger partial charge in [0, 0.05) is 12.5 Å². The molecule has 2 nitrogen and oxygen atoms in total. The Hall–Kier alpha value is -1.83. The Morgan fingerprint density at radius 3 is 2.47 bits per heavy atom. The first kappa shape index (κ1) is 11.2. The van der Waals surface area contributed by atoms with Crippen LogP contribution in [0.4, 0.5) is 0 Å². The summed E-state index contributed by atoms with van der Waals surface area (Å²) in [5.74, 6) is -0.0518. The highest BCUT2D eigenvalue weighted by Gasteiger charge is 1.98. The van der Waals surface area contributed by atoms with Crippen LogP contribution in [0.2, 0.25) is 0 Å². The van der Waals surface area contributed by atoms with E-state index in [1.54, 1.807) is 6.08 Å². The average molecular weight is 202 g/mol. The van der Waals surface area contributed by atoms with Crippen molar-refractivity contribution < 1.29 is 9.90 Å². The highest BCUT2D eigenvalue weighted by Crippen LogP contribution is 2.09.